The van der Waals surface area contributed by atoms with Crippen LogP contribution in [0.4, 0.5) is 4.79 Å². The second kappa shape index (κ2) is 6.02. The number of urea groups is 1. The molecule has 2 aromatic rings. The Hall–Kier alpha value is -2.37. The van der Waals surface area contributed by atoms with Crippen LogP contribution in [-0.4, -0.2) is 45.6 Å². The lowest BCUT2D eigenvalue weighted by atomic mass is 10.1. The fourth-order valence-corrected chi connectivity index (χ4v) is 2.89. The van der Waals surface area contributed by atoms with Crippen molar-refractivity contribution in [1.29, 1.82) is 0 Å². The highest BCUT2D eigenvalue weighted by atomic mass is 16.2. The van der Waals surface area contributed by atoms with Crippen LogP contribution < -0.4 is 5.32 Å². The van der Waals surface area contributed by atoms with Crippen LogP contribution in [0.1, 0.15) is 36.1 Å². The van der Waals surface area contributed by atoms with Gasteiger partial charge in [0.1, 0.15) is 0 Å². The van der Waals surface area contributed by atoms with Crippen LogP contribution in [0.2, 0.25) is 0 Å². The van der Waals surface area contributed by atoms with Crippen molar-refractivity contribution in [3.8, 4) is 0 Å². The molecule has 2 amide bonds. The summed E-state index contributed by atoms with van der Waals surface area (Å²) in [6, 6.07) is 10.5. The van der Waals surface area contributed by atoms with Crippen molar-refractivity contribution < 1.29 is 4.79 Å². The molecule has 0 unspecified atom stereocenters. The van der Waals surface area contributed by atoms with Gasteiger partial charge in [0.2, 0.25) is 0 Å². The minimum absolute atomic E-state index is 0.0136. The van der Waals surface area contributed by atoms with Crippen molar-refractivity contribution in [2.45, 2.75) is 31.2 Å². The van der Waals surface area contributed by atoms with Gasteiger partial charge in [0, 0.05) is 31.7 Å². The van der Waals surface area contributed by atoms with E-state index in [9.17, 15) is 4.79 Å². The largest absolute Gasteiger partial charge is 0.338 e. The second-order valence-electron chi connectivity index (χ2n) is 6.42. The third kappa shape index (κ3) is 3.21. The van der Waals surface area contributed by atoms with E-state index in [0.29, 0.717) is 25.6 Å². The monoisotopic (exact) mass is 311 g/mol. The van der Waals surface area contributed by atoms with Crippen molar-refractivity contribution >= 4 is 6.03 Å². The Bertz CT molecular complexity index is 673. The molecule has 0 radical (unpaired) electrons. The van der Waals surface area contributed by atoms with E-state index in [1.54, 1.807) is 0 Å². The first kappa shape index (κ1) is 14.2. The molecule has 0 spiro atoms. The number of likely N-dealkylation sites (tertiary alicyclic amines) is 1. The molecule has 23 heavy (non-hydrogen) atoms. The Balaban J connectivity index is 1.20. The van der Waals surface area contributed by atoms with Crippen LogP contribution in [0.25, 0.3) is 0 Å². The zero-order chi connectivity index (χ0) is 15.6. The van der Waals surface area contributed by atoms with Crippen molar-refractivity contribution in [1.82, 2.24) is 25.2 Å². The van der Waals surface area contributed by atoms with E-state index in [1.807, 2.05) is 34.0 Å². The number of amides is 2. The first-order chi connectivity index (χ1) is 11.3. The Morgan fingerprint density at radius 2 is 2.00 bits per heavy atom. The Morgan fingerprint density at radius 3 is 2.74 bits per heavy atom. The van der Waals surface area contributed by atoms with E-state index < -0.39 is 0 Å². The van der Waals surface area contributed by atoms with E-state index in [-0.39, 0.29) is 12.1 Å². The standard InChI is InChI=1S/C17H21N5O/c23-17(18-9-8-13-4-2-1-3-5-13)21-10-15(11-21)22-12-16(19-20-22)14-6-7-14/h1-5,12,14-15H,6-11H2,(H,18,23). The van der Waals surface area contributed by atoms with Crippen LogP contribution in [0.3, 0.4) is 0 Å². The van der Waals surface area contributed by atoms with Crippen molar-refractivity contribution in [2.75, 3.05) is 19.6 Å². The highest BCUT2D eigenvalue weighted by molar-refractivity contribution is 5.75. The summed E-state index contributed by atoms with van der Waals surface area (Å²) in [5, 5.41) is 11.4. The molecule has 2 fully saturated rings. The lowest BCUT2D eigenvalue weighted by Gasteiger charge is -2.38. The third-order valence-corrected chi connectivity index (χ3v) is 4.58. The average Bonchev–Trinajstić information content (AvgIpc) is 3.26. The highest BCUT2D eigenvalue weighted by Gasteiger charge is 2.34. The molecule has 1 saturated carbocycles. The molecule has 120 valence electrons. The molecular formula is C17H21N5O. The maximum absolute atomic E-state index is 12.1. The molecule has 6 heteroatoms. The molecule has 1 aromatic heterocycles. The summed E-state index contributed by atoms with van der Waals surface area (Å²) in [6.45, 7) is 2.09. The first-order valence-corrected chi connectivity index (χ1v) is 8.28. The Kier molecular flexibility index (Phi) is 3.73. The van der Waals surface area contributed by atoms with Gasteiger partial charge in [-0.15, -0.1) is 5.10 Å². The fourth-order valence-electron chi connectivity index (χ4n) is 2.89. The summed E-state index contributed by atoms with van der Waals surface area (Å²) in [6.07, 6.45) is 5.38. The lowest BCUT2D eigenvalue weighted by molar-refractivity contribution is 0.117. The molecule has 2 heterocycles. The number of hydrogen-bond donors (Lipinski definition) is 1. The minimum atomic E-state index is 0.0136. The van der Waals surface area contributed by atoms with Gasteiger partial charge in [0.25, 0.3) is 0 Å². The first-order valence-electron chi connectivity index (χ1n) is 8.28. The summed E-state index contributed by atoms with van der Waals surface area (Å²) >= 11 is 0. The molecule has 6 nitrogen and oxygen atoms in total. The van der Waals surface area contributed by atoms with Gasteiger partial charge < -0.3 is 10.2 Å². The molecule has 1 N–H and O–H groups in total. The van der Waals surface area contributed by atoms with Crippen LogP contribution in [0.5, 0.6) is 0 Å². The fraction of sp³-hybridized carbons (Fsp3) is 0.471. The van der Waals surface area contributed by atoms with Crippen LogP contribution in [0.15, 0.2) is 36.5 Å². The van der Waals surface area contributed by atoms with Gasteiger partial charge in [0.15, 0.2) is 0 Å². The number of carbonyl (C=O) groups excluding carboxylic acids is 1. The Labute approximate surface area is 135 Å². The van der Waals surface area contributed by atoms with Gasteiger partial charge in [-0.1, -0.05) is 35.5 Å². The number of carbonyl (C=O) groups is 1. The molecule has 2 aliphatic rings. The maximum Gasteiger partial charge on any atom is 0.317 e. The molecule has 0 bridgehead atoms. The molecular weight excluding hydrogens is 290 g/mol. The number of nitrogens with zero attached hydrogens (tertiary/aromatic N) is 4. The second-order valence-corrected chi connectivity index (χ2v) is 6.42. The quantitative estimate of drug-likeness (QED) is 0.918. The molecule has 0 atom stereocenters. The van der Waals surface area contributed by atoms with Gasteiger partial charge in [-0.25, -0.2) is 9.48 Å². The van der Waals surface area contributed by atoms with E-state index >= 15 is 0 Å². The van der Waals surface area contributed by atoms with E-state index in [1.165, 1.54) is 18.4 Å². The highest BCUT2D eigenvalue weighted by Crippen LogP contribution is 2.39. The van der Waals surface area contributed by atoms with E-state index in [4.69, 9.17) is 0 Å². The van der Waals surface area contributed by atoms with Crippen molar-refractivity contribution in [3.05, 3.63) is 47.8 Å². The summed E-state index contributed by atoms with van der Waals surface area (Å²) in [5.41, 5.74) is 2.35. The van der Waals surface area contributed by atoms with Crippen molar-refractivity contribution in [2.24, 2.45) is 0 Å². The zero-order valence-corrected chi connectivity index (χ0v) is 13.1. The maximum atomic E-state index is 12.1. The number of nitrogens with one attached hydrogen (secondary N) is 1. The lowest BCUT2D eigenvalue weighted by Crippen LogP contribution is -2.54. The third-order valence-electron chi connectivity index (χ3n) is 4.58. The number of benzene rings is 1. The smallest absolute Gasteiger partial charge is 0.317 e. The van der Waals surface area contributed by atoms with Crippen LogP contribution >= 0.6 is 0 Å². The zero-order valence-electron chi connectivity index (χ0n) is 13.1. The summed E-state index contributed by atoms with van der Waals surface area (Å²) in [5.74, 6) is 0.626. The molecule has 1 aliphatic carbocycles. The number of aromatic nitrogens is 3. The van der Waals surface area contributed by atoms with E-state index in [0.717, 1.165) is 12.1 Å². The predicted molar refractivity (Wildman–Crippen MR) is 86.2 cm³/mol. The average molecular weight is 311 g/mol. The van der Waals surface area contributed by atoms with Gasteiger partial charge in [-0.05, 0) is 24.8 Å². The normalized spacial score (nSPS) is 17.8. The van der Waals surface area contributed by atoms with Crippen LogP contribution in [0, 0.1) is 0 Å². The molecule has 1 aromatic carbocycles. The van der Waals surface area contributed by atoms with Gasteiger partial charge in [0.05, 0.1) is 11.7 Å². The molecule has 1 aliphatic heterocycles. The molecule has 4 rings (SSSR count). The van der Waals surface area contributed by atoms with Gasteiger partial charge >= 0.3 is 6.03 Å². The topological polar surface area (TPSA) is 63.1 Å². The van der Waals surface area contributed by atoms with Gasteiger partial charge in [-0.2, -0.15) is 0 Å². The Morgan fingerprint density at radius 1 is 1.22 bits per heavy atom. The summed E-state index contributed by atoms with van der Waals surface area (Å²) in [4.78, 5) is 13.9. The van der Waals surface area contributed by atoms with Crippen LogP contribution in [-0.2, 0) is 6.42 Å². The number of hydrogen-bond acceptors (Lipinski definition) is 3. The summed E-state index contributed by atoms with van der Waals surface area (Å²) < 4.78 is 1.92. The minimum Gasteiger partial charge on any atom is -0.338 e. The number of rotatable bonds is 5. The van der Waals surface area contributed by atoms with Crippen molar-refractivity contribution in [3.63, 3.8) is 0 Å². The molecule has 1 saturated heterocycles. The predicted octanol–water partition coefficient (Wildman–Crippen LogP) is 1.96. The summed E-state index contributed by atoms with van der Waals surface area (Å²) in [7, 11) is 0. The van der Waals surface area contributed by atoms with E-state index in [2.05, 4.69) is 27.8 Å². The SMILES string of the molecule is O=C(NCCc1ccccc1)N1CC(n2cc(C3CC3)nn2)C1. The van der Waals surface area contributed by atoms with Gasteiger partial charge in [-0.3, -0.25) is 0 Å².